The average Bonchev–Trinajstić information content (AvgIpc) is 3.16. The highest BCUT2D eigenvalue weighted by Crippen LogP contribution is 2.29. The Morgan fingerprint density at radius 3 is 2.58 bits per heavy atom. The maximum atomic E-state index is 13.7. The minimum absolute atomic E-state index is 0.0319. The van der Waals surface area contributed by atoms with E-state index in [9.17, 15) is 17.6 Å². The number of nitrogens with zero attached hydrogens (tertiary/aromatic N) is 3. The van der Waals surface area contributed by atoms with Crippen molar-refractivity contribution in [2.75, 3.05) is 6.26 Å². The molecule has 0 aromatic heterocycles. The first kappa shape index (κ1) is 20.9. The topological polar surface area (TPSA) is 112 Å². The van der Waals surface area contributed by atoms with Gasteiger partial charge < -0.3 is 4.74 Å². The van der Waals surface area contributed by atoms with Crippen molar-refractivity contribution < 1.29 is 22.3 Å². The summed E-state index contributed by atoms with van der Waals surface area (Å²) in [6.07, 6.45) is 2.41. The molecule has 31 heavy (non-hydrogen) atoms. The molecule has 2 heterocycles. The minimum atomic E-state index is -3.71. The Bertz CT molecular complexity index is 1280. The summed E-state index contributed by atoms with van der Waals surface area (Å²) in [6.45, 7) is 0.0635. The Morgan fingerprint density at radius 1 is 1.19 bits per heavy atom. The predicted molar refractivity (Wildman–Crippen MR) is 117 cm³/mol. The molecule has 2 aromatic carbocycles. The second-order valence-electron chi connectivity index (χ2n) is 6.63. The molecule has 0 spiro atoms. The van der Waals surface area contributed by atoms with Crippen molar-refractivity contribution in [3.8, 4) is 5.75 Å². The van der Waals surface area contributed by atoms with E-state index in [4.69, 9.17) is 10.1 Å². The van der Waals surface area contributed by atoms with E-state index in [-0.39, 0.29) is 34.2 Å². The number of ether oxygens (including phenoxy) is 1. The van der Waals surface area contributed by atoms with Crippen LogP contribution in [0, 0.1) is 11.2 Å². The van der Waals surface area contributed by atoms with E-state index in [0.717, 1.165) is 23.1 Å². The molecule has 1 N–H and O–H groups in total. The first-order valence-corrected chi connectivity index (χ1v) is 11.6. The lowest BCUT2D eigenvalue weighted by molar-refractivity contribution is -0.114. The molecule has 11 heteroatoms. The van der Waals surface area contributed by atoms with E-state index in [2.05, 4.69) is 9.39 Å². The molecular weight excluding hydrogens is 443 g/mol. The molecule has 0 fully saturated rings. The minimum Gasteiger partial charge on any atom is -0.489 e. The van der Waals surface area contributed by atoms with E-state index in [1.807, 2.05) is 0 Å². The van der Waals surface area contributed by atoms with Gasteiger partial charge in [-0.2, -0.15) is 9.39 Å². The van der Waals surface area contributed by atoms with Crippen LogP contribution in [-0.4, -0.2) is 41.7 Å². The number of amides is 1. The maximum Gasteiger partial charge on any atom is 0.283 e. The molecule has 0 atom stereocenters. The van der Waals surface area contributed by atoms with Crippen molar-refractivity contribution in [2.24, 2.45) is 9.39 Å². The molecule has 0 unspecified atom stereocenters. The highest BCUT2D eigenvalue weighted by atomic mass is 32.2. The van der Waals surface area contributed by atoms with Crippen LogP contribution >= 0.6 is 11.9 Å². The number of hydrogen-bond acceptors (Lipinski definition) is 7. The van der Waals surface area contributed by atoms with Gasteiger partial charge in [0.1, 0.15) is 24.0 Å². The van der Waals surface area contributed by atoms with Gasteiger partial charge in [0.05, 0.1) is 17.5 Å². The standard InChI is InChI=1S/C20H15FN4O4S2/c1-31(27,28)20-24-30-19-23-18(26)15(17(22)25(19)20)10-12-6-8-14(9-7-12)29-11-13-4-2-3-5-16(13)21/h2-10,22H,11H2,1H3/b15-10-,22-17?. The van der Waals surface area contributed by atoms with Gasteiger partial charge in [0.25, 0.3) is 5.91 Å². The monoisotopic (exact) mass is 458 g/mol. The summed E-state index contributed by atoms with van der Waals surface area (Å²) in [7, 11) is -3.71. The van der Waals surface area contributed by atoms with E-state index >= 15 is 0 Å². The lowest BCUT2D eigenvalue weighted by Gasteiger charge is -2.23. The SMILES string of the molecule is CS(=O)(=O)C1=NSC2=NC(=O)/C(=C\c3ccc(OCc4ccccc4F)cc3)C(=N)N21. The van der Waals surface area contributed by atoms with Crippen molar-refractivity contribution in [2.45, 2.75) is 6.61 Å². The number of fused-ring (bicyclic) bond motifs is 1. The Balaban J connectivity index is 1.53. The van der Waals surface area contributed by atoms with Gasteiger partial charge >= 0.3 is 0 Å². The number of sulfone groups is 1. The Morgan fingerprint density at radius 2 is 1.90 bits per heavy atom. The predicted octanol–water partition coefficient (Wildman–Crippen LogP) is 3.03. The van der Waals surface area contributed by atoms with Gasteiger partial charge in [-0.1, -0.05) is 30.3 Å². The third-order valence-electron chi connectivity index (χ3n) is 4.37. The number of rotatable bonds is 4. The molecule has 0 aliphatic carbocycles. The van der Waals surface area contributed by atoms with Crippen LogP contribution in [0.3, 0.4) is 0 Å². The van der Waals surface area contributed by atoms with Crippen LogP contribution in [0.1, 0.15) is 11.1 Å². The second kappa shape index (κ2) is 8.08. The smallest absolute Gasteiger partial charge is 0.283 e. The summed E-state index contributed by atoms with van der Waals surface area (Å²) in [6, 6.07) is 12.9. The fourth-order valence-corrected chi connectivity index (χ4v) is 4.69. The molecule has 0 bridgehead atoms. The van der Waals surface area contributed by atoms with Crippen molar-refractivity contribution in [1.29, 1.82) is 5.41 Å². The molecular formula is C20H15FN4O4S2. The lowest BCUT2D eigenvalue weighted by atomic mass is 10.1. The van der Waals surface area contributed by atoms with Crippen molar-refractivity contribution in [3.63, 3.8) is 0 Å². The Labute approximate surface area is 181 Å². The van der Waals surface area contributed by atoms with Gasteiger partial charge in [0, 0.05) is 11.8 Å². The quantitative estimate of drug-likeness (QED) is 0.557. The van der Waals surface area contributed by atoms with Crippen molar-refractivity contribution in [1.82, 2.24) is 4.90 Å². The van der Waals surface area contributed by atoms with E-state index in [1.54, 1.807) is 42.5 Å². The molecule has 8 nitrogen and oxygen atoms in total. The highest BCUT2D eigenvalue weighted by molar-refractivity contribution is 8.16. The highest BCUT2D eigenvalue weighted by Gasteiger charge is 2.41. The fourth-order valence-electron chi connectivity index (χ4n) is 2.84. The first-order chi connectivity index (χ1) is 14.7. The van der Waals surface area contributed by atoms with Crippen LogP contribution in [-0.2, 0) is 21.2 Å². The number of carbonyl (C=O) groups excluding carboxylic acids is 1. The van der Waals surface area contributed by atoms with Crippen LogP contribution in [0.4, 0.5) is 4.39 Å². The summed E-state index contributed by atoms with van der Waals surface area (Å²) in [5.74, 6) is -0.828. The lowest BCUT2D eigenvalue weighted by Crippen LogP contribution is -2.45. The van der Waals surface area contributed by atoms with Gasteiger partial charge in [0.2, 0.25) is 20.2 Å². The molecule has 158 valence electrons. The summed E-state index contributed by atoms with van der Waals surface area (Å²) < 4.78 is 46.9. The van der Waals surface area contributed by atoms with Gasteiger partial charge in [-0.3, -0.25) is 10.2 Å². The van der Waals surface area contributed by atoms with E-state index in [0.29, 0.717) is 16.9 Å². The third kappa shape index (κ3) is 4.28. The number of nitrogens with one attached hydrogen (secondary N) is 1. The van der Waals surface area contributed by atoms with Gasteiger partial charge in [0.15, 0.2) is 0 Å². The number of hydrogen-bond donors (Lipinski definition) is 1. The number of aliphatic imine (C=N–C) groups is 1. The largest absolute Gasteiger partial charge is 0.489 e. The molecule has 0 radical (unpaired) electrons. The van der Waals surface area contributed by atoms with Crippen LogP contribution in [0.15, 0.2) is 63.5 Å². The van der Waals surface area contributed by atoms with Crippen LogP contribution in [0.5, 0.6) is 5.75 Å². The average molecular weight is 458 g/mol. The maximum absolute atomic E-state index is 13.7. The molecule has 1 amide bonds. The number of carbonyl (C=O) groups is 1. The molecule has 2 aliphatic rings. The molecule has 0 saturated carbocycles. The van der Waals surface area contributed by atoms with Gasteiger partial charge in [-0.15, -0.1) is 0 Å². The molecule has 2 aliphatic heterocycles. The zero-order valence-electron chi connectivity index (χ0n) is 16.1. The van der Waals surface area contributed by atoms with Crippen LogP contribution in [0.2, 0.25) is 0 Å². The Kier molecular flexibility index (Phi) is 5.46. The Hall–Kier alpha value is -3.31. The van der Waals surface area contributed by atoms with Gasteiger partial charge in [-0.05, 0) is 29.8 Å². The number of benzene rings is 2. The van der Waals surface area contributed by atoms with Crippen LogP contribution in [0.25, 0.3) is 6.08 Å². The van der Waals surface area contributed by atoms with Crippen LogP contribution < -0.4 is 4.74 Å². The molecule has 2 aromatic rings. The molecule has 0 saturated heterocycles. The zero-order valence-corrected chi connectivity index (χ0v) is 17.7. The normalized spacial score (nSPS) is 17.5. The summed E-state index contributed by atoms with van der Waals surface area (Å²) >= 11 is 0.736. The van der Waals surface area contributed by atoms with Gasteiger partial charge in [-0.25, -0.2) is 17.7 Å². The van der Waals surface area contributed by atoms with E-state index < -0.39 is 15.7 Å². The van der Waals surface area contributed by atoms with E-state index in [1.165, 1.54) is 12.1 Å². The number of amidine groups is 3. The third-order valence-corrected chi connectivity index (χ3v) is 6.12. The van der Waals surface area contributed by atoms with Crippen molar-refractivity contribution in [3.05, 3.63) is 71.0 Å². The summed E-state index contributed by atoms with van der Waals surface area (Å²) in [4.78, 5) is 17.3. The summed E-state index contributed by atoms with van der Waals surface area (Å²) in [5.41, 5.74) is 0.938. The summed E-state index contributed by atoms with van der Waals surface area (Å²) in [5, 5.41) is 8.02. The second-order valence-corrected chi connectivity index (χ2v) is 9.27. The fraction of sp³-hybridized carbons (Fsp3) is 0.100. The zero-order chi connectivity index (χ0) is 22.2. The first-order valence-electron chi connectivity index (χ1n) is 8.89. The number of halogens is 1. The molecule has 4 rings (SSSR count). The van der Waals surface area contributed by atoms with Crippen molar-refractivity contribution >= 4 is 49.9 Å².